The van der Waals surface area contributed by atoms with Crippen molar-refractivity contribution >= 4 is 6.09 Å². The van der Waals surface area contributed by atoms with E-state index in [1.807, 2.05) is 20.8 Å². The number of nitrogens with one attached hydrogen (secondary N) is 1. The maximum Gasteiger partial charge on any atom is 0.407 e. The predicted molar refractivity (Wildman–Crippen MR) is 74.5 cm³/mol. The van der Waals surface area contributed by atoms with E-state index in [2.05, 4.69) is 18.3 Å². The van der Waals surface area contributed by atoms with Crippen LogP contribution in [0.2, 0.25) is 0 Å². The van der Waals surface area contributed by atoms with Gasteiger partial charge in [0.1, 0.15) is 0 Å². The Kier molecular flexibility index (Phi) is 5.22. The molecule has 0 aromatic rings. The number of rotatable bonds is 3. The van der Waals surface area contributed by atoms with Crippen LogP contribution in [-0.4, -0.2) is 18.2 Å². The zero-order chi connectivity index (χ0) is 14.5. The molecule has 0 spiro atoms. The van der Waals surface area contributed by atoms with Crippen LogP contribution in [-0.2, 0) is 4.74 Å². The van der Waals surface area contributed by atoms with Gasteiger partial charge in [-0.25, -0.2) is 4.79 Å². The number of nitrogens with zero attached hydrogens (tertiary/aromatic N) is 1. The van der Waals surface area contributed by atoms with E-state index < -0.39 is 0 Å². The minimum Gasteiger partial charge on any atom is -0.450 e. The summed E-state index contributed by atoms with van der Waals surface area (Å²) in [7, 11) is 0. The summed E-state index contributed by atoms with van der Waals surface area (Å²) in [6, 6.07) is 2.35. The van der Waals surface area contributed by atoms with Crippen LogP contribution in [0.1, 0.15) is 59.8 Å². The molecular formula is C15H26N2O2. The minimum absolute atomic E-state index is 0.218. The number of amides is 1. The molecule has 108 valence electrons. The largest absolute Gasteiger partial charge is 0.450 e. The molecule has 0 saturated heterocycles. The van der Waals surface area contributed by atoms with Crippen molar-refractivity contribution in [3.05, 3.63) is 0 Å². The molecule has 4 heteroatoms. The van der Waals surface area contributed by atoms with E-state index >= 15 is 0 Å². The first-order valence-electron chi connectivity index (χ1n) is 7.09. The fourth-order valence-corrected chi connectivity index (χ4v) is 2.43. The first kappa shape index (κ1) is 15.8. The molecule has 0 radical (unpaired) electrons. The van der Waals surface area contributed by atoms with Crippen molar-refractivity contribution in [2.45, 2.75) is 65.3 Å². The van der Waals surface area contributed by atoms with Gasteiger partial charge in [-0.2, -0.15) is 5.26 Å². The number of ether oxygens (including phenoxy) is 1. The van der Waals surface area contributed by atoms with Crippen molar-refractivity contribution in [1.29, 1.82) is 5.26 Å². The second-order valence-corrected chi connectivity index (χ2v) is 6.97. The van der Waals surface area contributed by atoms with Gasteiger partial charge in [0.05, 0.1) is 12.7 Å². The van der Waals surface area contributed by atoms with Crippen molar-refractivity contribution in [1.82, 2.24) is 5.32 Å². The predicted octanol–water partition coefficient (Wildman–Crippen LogP) is 3.62. The Hall–Kier alpha value is -1.24. The SMILES string of the molecule is CC1(CCOC(=O)NC(C)(C)C)CCC(C#N)CC1. The second-order valence-electron chi connectivity index (χ2n) is 6.97. The van der Waals surface area contributed by atoms with Gasteiger partial charge in [-0.3, -0.25) is 0 Å². The summed E-state index contributed by atoms with van der Waals surface area (Å²) in [6.07, 6.45) is 4.58. The second kappa shape index (κ2) is 6.27. The molecule has 0 aromatic heterocycles. The van der Waals surface area contributed by atoms with Crippen LogP contribution in [0.3, 0.4) is 0 Å². The molecule has 1 aliphatic carbocycles. The summed E-state index contributed by atoms with van der Waals surface area (Å²) in [5.41, 5.74) is -0.0405. The molecule has 0 aromatic carbocycles. The minimum atomic E-state index is -0.346. The van der Waals surface area contributed by atoms with E-state index in [0.717, 1.165) is 32.1 Å². The molecule has 0 aliphatic heterocycles. The standard InChI is InChI=1S/C15H26N2O2/c1-14(2,3)17-13(18)19-10-9-15(4)7-5-12(11-16)6-8-15/h12H,5-10H2,1-4H3,(H,17,18). The maximum atomic E-state index is 11.5. The highest BCUT2D eigenvalue weighted by Crippen LogP contribution is 2.40. The zero-order valence-corrected chi connectivity index (χ0v) is 12.6. The molecule has 1 rings (SSSR count). The molecule has 1 fully saturated rings. The van der Waals surface area contributed by atoms with Crippen molar-refractivity contribution in [2.75, 3.05) is 6.61 Å². The van der Waals surface area contributed by atoms with Crippen LogP contribution in [0.4, 0.5) is 4.79 Å². The molecular weight excluding hydrogens is 240 g/mol. The van der Waals surface area contributed by atoms with Crippen molar-refractivity contribution in [3.63, 3.8) is 0 Å². The van der Waals surface area contributed by atoms with Crippen LogP contribution in [0.25, 0.3) is 0 Å². The molecule has 0 bridgehead atoms. The molecule has 1 N–H and O–H groups in total. The Morgan fingerprint density at radius 3 is 2.47 bits per heavy atom. The van der Waals surface area contributed by atoms with Crippen molar-refractivity contribution in [2.24, 2.45) is 11.3 Å². The number of nitriles is 1. The quantitative estimate of drug-likeness (QED) is 0.848. The zero-order valence-electron chi connectivity index (χ0n) is 12.6. The molecule has 0 unspecified atom stereocenters. The molecule has 1 amide bonds. The van der Waals surface area contributed by atoms with E-state index in [0.29, 0.717) is 6.61 Å². The number of carbonyl (C=O) groups excluding carboxylic acids is 1. The lowest BCUT2D eigenvalue weighted by atomic mass is 9.70. The van der Waals surface area contributed by atoms with Crippen LogP contribution < -0.4 is 5.32 Å². The summed E-state index contributed by atoms with van der Waals surface area (Å²) in [6.45, 7) is 8.47. The van der Waals surface area contributed by atoms with E-state index in [-0.39, 0.29) is 23.0 Å². The Morgan fingerprint density at radius 2 is 2.00 bits per heavy atom. The number of hydrogen-bond donors (Lipinski definition) is 1. The molecule has 19 heavy (non-hydrogen) atoms. The first-order valence-corrected chi connectivity index (χ1v) is 7.09. The molecule has 1 aliphatic rings. The summed E-state index contributed by atoms with van der Waals surface area (Å²) in [4.78, 5) is 11.5. The fourth-order valence-electron chi connectivity index (χ4n) is 2.43. The van der Waals surface area contributed by atoms with E-state index in [9.17, 15) is 4.79 Å². The number of carbonyl (C=O) groups is 1. The van der Waals surface area contributed by atoms with Crippen LogP contribution in [0, 0.1) is 22.7 Å². The smallest absolute Gasteiger partial charge is 0.407 e. The summed E-state index contributed by atoms with van der Waals surface area (Å²) >= 11 is 0. The van der Waals surface area contributed by atoms with Gasteiger partial charge in [-0.15, -0.1) is 0 Å². The van der Waals surface area contributed by atoms with E-state index in [1.54, 1.807) is 0 Å². The third-order valence-electron chi connectivity index (χ3n) is 3.79. The van der Waals surface area contributed by atoms with Gasteiger partial charge >= 0.3 is 6.09 Å². The van der Waals surface area contributed by atoms with Crippen LogP contribution >= 0.6 is 0 Å². The topological polar surface area (TPSA) is 62.1 Å². The molecule has 0 atom stereocenters. The van der Waals surface area contributed by atoms with Crippen LogP contribution in [0.15, 0.2) is 0 Å². The lowest BCUT2D eigenvalue weighted by molar-refractivity contribution is 0.0989. The third-order valence-corrected chi connectivity index (χ3v) is 3.79. The molecule has 0 heterocycles. The number of alkyl carbamates (subject to hydrolysis) is 1. The summed E-state index contributed by atoms with van der Waals surface area (Å²) in [5.74, 6) is 0.221. The highest BCUT2D eigenvalue weighted by atomic mass is 16.5. The van der Waals surface area contributed by atoms with Gasteiger partial charge in [0.2, 0.25) is 0 Å². The van der Waals surface area contributed by atoms with E-state index in [4.69, 9.17) is 10.00 Å². The Morgan fingerprint density at radius 1 is 1.42 bits per heavy atom. The van der Waals surface area contributed by atoms with Gasteiger partial charge in [0.15, 0.2) is 0 Å². The monoisotopic (exact) mass is 266 g/mol. The third kappa shape index (κ3) is 5.96. The fraction of sp³-hybridized carbons (Fsp3) is 0.867. The average molecular weight is 266 g/mol. The van der Waals surface area contributed by atoms with E-state index in [1.165, 1.54) is 0 Å². The van der Waals surface area contributed by atoms with Gasteiger partial charge < -0.3 is 10.1 Å². The molecule has 1 saturated carbocycles. The van der Waals surface area contributed by atoms with Crippen molar-refractivity contribution < 1.29 is 9.53 Å². The lowest BCUT2D eigenvalue weighted by Crippen LogP contribution is -2.41. The van der Waals surface area contributed by atoms with Gasteiger partial charge in [-0.1, -0.05) is 6.92 Å². The number of hydrogen-bond acceptors (Lipinski definition) is 3. The first-order chi connectivity index (χ1) is 8.74. The Balaban J connectivity index is 2.26. The summed E-state index contributed by atoms with van der Waals surface area (Å²) in [5, 5.41) is 11.7. The Labute approximate surface area is 116 Å². The highest BCUT2D eigenvalue weighted by Gasteiger charge is 2.31. The van der Waals surface area contributed by atoms with Gasteiger partial charge in [0, 0.05) is 11.5 Å². The molecule has 4 nitrogen and oxygen atoms in total. The van der Waals surface area contributed by atoms with Gasteiger partial charge in [-0.05, 0) is 58.3 Å². The van der Waals surface area contributed by atoms with Crippen LogP contribution in [0.5, 0.6) is 0 Å². The maximum absolute atomic E-state index is 11.5. The Bertz CT molecular complexity index is 344. The van der Waals surface area contributed by atoms with Gasteiger partial charge in [0.25, 0.3) is 0 Å². The normalized spacial score (nSPS) is 27.4. The lowest BCUT2D eigenvalue weighted by Gasteiger charge is -2.35. The highest BCUT2D eigenvalue weighted by molar-refractivity contribution is 5.67. The summed E-state index contributed by atoms with van der Waals surface area (Å²) < 4.78 is 5.22. The average Bonchev–Trinajstić information content (AvgIpc) is 2.27. The van der Waals surface area contributed by atoms with Crippen molar-refractivity contribution in [3.8, 4) is 6.07 Å².